The normalized spacial score (nSPS) is 10.6. The Labute approximate surface area is 102 Å². The largest absolute Gasteiger partial charge is 0.390 e. The fourth-order valence-corrected chi connectivity index (χ4v) is 2.41. The number of allylic oxidation sites excluding steroid dienone is 1. The van der Waals surface area contributed by atoms with Crippen molar-refractivity contribution in [3.05, 3.63) is 24.5 Å². The minimum absolute atomic E-state index is 0.0589. The maximum Gasteiger partial charge on any atom is 0.167 e. The van der Waals surface area contributed by atoms with Gasteiger partial charge in [0.05, 0.1) is 18.5 Å². The van der Waals surface area contributed by atoms with Gasteiger partial charge in [-0.2, -0.15) is 0 Å². The van der Waals surface area contributed by atoms with Crippen molar-refractivity contribution in [2.75, 3.05) is 5.75 Å². The topological polar surface area (TPSA) is 38.1 Å². The molecule has 90 valence electrons. The number of imidazole rings is 1. The van der Waals surface area contributed by atoms with Crippen LogP contribution in [-0.2, 0) is 13.7 Å². The molecule has 1 aromatic rings. The zero-order valence-electron chi connectivity index (χ0n) is 9.85. The van der Waals surface area contributed by atoms with E-state index in [1.807, 2.05) is 17.7 Å². The molecule has 4 heteroatoms. The van der Waals surface area contributed by atoms with E-state index in [0.29, 0.717) is 0 Å². The first-order chi connectivity index (χ1) is 7.79. The van der Waals surface area contributed by atoms with Gasteiger partial charge in [0, 0.05) is 12.8 Å². The number of aliphatic hydroxyl groups is 1. The molecule has 1 rings (SSSR count). The van der Waals surface area contributed by atoms with Gasteiger partial charge in [0.15, 0.2) is 5.16 Å². The van der Waals surface area contributed by atoms with Gasteiger partial charge >= 0.3 is 0 Å². The average Bonchev–Trinajstić information content (AvgIpc) is 2.65. The number of unbranched alkanes of at least 4 members (excludes halogenated alkanes) is 3. The summed E-state index contributed by atoms with van der Waals surface area (Å²) in [5.41, 5.74) is 0.870. The summed E-state index contributed by atoms with van der Waals surface area (Å²) in [4.78, 5) is 4.27. The Balaban J connectivity index is 2.21. The van der Waals surface area contributed by atoms with Gasteiger partial charge in [0.25, 0.3) is 0 Å². The number of aromatic nitrogens is 2. The van der Waals surface area contributed by atoms with E-state index in [9.17, 15) is 0 Å². The Hall–Kier alpha value is -0.740. The van der Waals surface area contributed by atoms with E-state index in [1.54, 1.807) is 18.0 Å². The number of thioether (sulfide) groups is 1. The Kier molecular flexibility index (Phi) is 6.26. The van der Waals surface area contributed by atoms with Crippen LogP contribution in [0.1, 0.15) is 31.4 Å². The summed E-state index contributed by atoms with van der Waals surface area (Å²) >= 11 is 1.76. The van der Waals surface area contributed by atoms with Crippen LogP contribution in [0.3, 0.4) is 0 Å². The Morgan fingerprint density at radius 1 is 1.50 bits per heavy atom. The third kappa shape index (κ3) is 4.02. The second-order valence-corrected chi connectivity index (χ2v) is 4.80. The maximum absolute atomic E-state index is 9.02. The lowest BCUT2D eigenvalue weighted by atomic mass is 10.2. The Morgan fingerprint density at radius 3 is 2.94 bits per heavy atom. The molecule has 0 atom stereocenters. The molecule has 0 aliphatic heterocycles. The van der Waals surface area contributed by atoms with Crippen LogP contribution < -0.4 is 0 Å². The molecular formula is C12H20N2OS. The molecular weight excluding hydrogens is 220 g/mol. The first-order valence-corrected chi connectivity index (χ1v) is 6.63. The van der Waals surface area contributed by atoms with Crippen molar-refractivity contribution in [1.29, 1.82) is 0 Å². The highest BCUT2D eigenvalue weighted by Gasteiger charge is 2.05. The third-order valence-corrected chi connectivity index (χ3v) is 3.62. The molecule has 0 amide bonds. The molecule has 0 saturated carbocycles. The van der Waals surface area contributed by atoms with Crippen molar-refractivity contribution in [1.82, 2.24) is 9.55 Å². The first kappa shape index (κ1) is 13.3. The number of hydrogen-bond acceptors (Lipinski definition) is 3. The summed E-state index contributed by atoms with van der Waals surface area (Å²) in [6, 6.07) is 0. The van der Waals surface area contributed by atoms with Gasteiger partial charge < -0.3 is 9.67 Å². The monoisotopic (exact) mass is 240 g/mol. The highest BCUT2D eigenvalue weighted by atomic mass is 32.2. The second kappa shape index (κ2) is 7.52. The summed E-state index contributed by atoms with van der Waals surface area (Å²) in [6.45, 7) is 3.77. The van der Waals surface area contributed by atoms with Crippen LogP contribution >= 0.6 is 11.8 Å². The van der Waals surface area contributed by atoms with Crippen molar-refractivity contribution in [3.63, 3.8) is 0 Å². The van der Waals surface area contributed by atoms with Crippen molar-refractivity contribution < 1.29 is 5.11 Å². The molecule has 0 saturated heterocycles. The number of rotatable bonds is 8. The smallest absolute Gasteiger partial charge is 0.167 e. The molecule has 1 N–H and O–H groups in total. The summed E-state index contributed by atoms with van der Waals surface area (Å²) < 4.78 is 1.95. The molecule has 0 spiro atoms. The molecule has 0 bridgehead atoms. The number of nitrogens with zero attached hydrogens (tertiary/aromatic N) is 2. The van der Waals surface area contributed by atoms with E-state index < -0.39 is 0 Å². The van der Waals surface area contributed by atoms with Crippen LogP contribution in [0.25, 0.3) is 0 Å². The van der Waals surface area contributed by atoms with E-state index >= 15 is 0 Å². The summed E-state index contributed by atoms with van der Waals surface area (Å²) in [5, 5.41) is 10.0. The molecule has 1 heterocycles. The fourth-order valence-electron chi connectivity index (χ4n) is 1.44. The molecule has 3 nitrogen and oxygen atoms in total. The zero-order valence-corrected chi connectivity index (χ0v) is 10.7. The quantitative estimate of drug-likeness (QED) is 0.431. The van der Waals surface area contributed by atoms with Crippen LogP contribution in [0, 0.1) is 0 Å². The van der Waals surface area contributed by atoms with Gasteiger partial charge in [-0.05, 0) is 19.3 Å². The van der Waals surface area contributed by atoms with Gasteiger partial charge in [-0.1, -0.05) is 24.3 Å². The molecule has 0 fully saturated rings. The van der Waals surface area contributed by atoms with Crippen LogP contribution in [0.5, 0.6) is 0 Å². The van der Waals surface area contributed by atoms with Gasteiger partial charge in [-0.25, -0.2) is 4.98 Å². The van der Waals surface area contributed by atoms with Crippen LogP contribution in [0.2, 0.25) is 0 Å². The standard InChI is InChI=1S/C12H20N2OS/c1-3-4-5-6-7-8-16-12-13-9-11(10-15)14(12)2/h3,9,15H,1,4-8,10H2,2H3. The highest BCUT2D eigenvalue weighted by molar-refractivity contribution is 7.99. The predicted octanol–water partition coefficient (Wildman–Crippen LogP) is 2.75. The molecule has 0 aromatic carbocycles. The van der Waals surface area contributed by atoms with Crippen molar-refractivity contribution >= 4 is 11.8 Å². The van der Waals surface area contributed by atoms with Gasteiger partial charge in [-0.3, -0.25) is 0 Å². The lowest BCUT2D eigenvalue weighted by Crippen LogP contribution is -1.97. The molecule has 0 aliphatic carbocycles. The van der Waals surface area contributed by atoms with Crippen molar-refractivity contribution in [2.45, 2.75) is 37.4 Å². The second-order valence-electron chi connectivity index (χ2n) is 3.74. The van der Waals surface area contributed by atoms with Gasteiger partial charge in [0.2, 0.25) is 0 Å². The lowest BCUT2D eigenvalue weighted by molar-refractivity contribution is 0.271. The van der Waals surface area contributed by atoms with Crippen molar-refractivity contribution in [3.8, 4) is 0 Å². The predicted molar refractivity (Wildman–Crippen MR) is 68.5 cm³/mol. The molecule has 0 aliphatic rings. The zero-order chi connectivity index (χ0) is 11.8. The molecule has 16 heavy (non-hydrogen) atoms. The highest BCUT2D eigenvalue weighted by Crippen LogP contribution is 2.19. The minimum Gasteiger partial charge on any atom is -0.390 e. The Bertz CT molecular complexity index is 323. The lowest BCUT2D eigenvalue weighted by Gasteiger charge is -2.03. The van der Waals surface area contributed by atoms with E-state index in [2.05, 4.69) is 11.6 Å². The number of aliphatic hydroxyl groups excluding tert-OH is 1. The van der Waals surface area contributed by atoms with Crippen LogP contribution in [-0.4, -0.2) is 20.4 Å². The summed E-state index contributed by atoms with van der Waals surface area (Å²) in [7, 11) is 1.94. The maximum atomic E-state index is 9.02. The van der Waals surface area contributed by atoms with Gasteiger partial charge in [0.1, 0.15) is 0 Å². The van der Waals surface area contributed by atoms with E-state index in [4.69, 9.17) is 5.11 Å². The van der Waals surface area contributed by atoms with Crippen LogP contribution in [0.15, 0.2) is 24.0 Å². The summed E-state index contributed by atoms with van der Waals surface area (Å²) in [6.07, 6.45) is 8.50. The molecule has 0 radical (unpaired) electrons. The molecule has 1 aromatic heterocycles. The Morgan fingerprint density at radius 2 is 2.31 bits per heavy atom. The van der Waals surface area contributed by atoms with E-state index in [0.717, 1.165) is 23.0 Å². The SMILES string of the molecule is C=CCCCCCSc1ncc(CO)n1C. The number of hydrogen-bond donors (Lipinski definition) is 1. The fraction of sp³-hybridized carbons (Fsp3) is 0.583. The minimum atomic E-state index is 0.0589. The third-order valence-electron chi connectivity index (χ3n) is 2.49. The average molecular weight is 240 g/mol. The van der Waals surface area contributed by atoms with Gasteiger partial charge in [-0.15, -0.1) is 6.58 Å². The van der Waals surface area contributed by atoms with E-state index in [-0.39, 0.29) is 6.61 Å². The van der Waals surface area contributed by atoms with Crippen LogP contribution in [0.4, 0.5) is 0 Å². The van der Waals surface area contributed by atoms with E-state index in [1.165, 1.54) is 19.3 Å². The summed E-state index contributed by atoms with van der Waals surface area (Å²) in [5.74, 6) is 1.09. The molecule has 0 unspecified atom stereocenters. The van der Waals surface area contributed by atoms with Crippen molar-refractivity contribution in [2.24, 2.45) is 7.05 Å². The first-order valence-electron chi connectivity index (χ1n) is 5.64.